The molecule has 35 heavy (non-hydrogen) atoms. The topological polar surface area (TPSA) is 74.3 Å². The van der Waals surface area contributed by atoms with Gasteiger partial charge in [-0.25, -0.2) is 9.78 Å². The average molecular weight is 501 g/mol. The number of hydrogen-bond acceptors (Lipinski definition) is 5. The molecule has 176 valence electrons. The van der Waals surface area contributed by atoms with E-state index in [9.17, 15) is 9.59 Å². The smallest absolute Gasteiger partial charge is 0.310 e. The van der Waals surface area contributed by atoms with Gasteiger partial charge in [-0.05, 0) is 49.4 Å². The lowest BCUT2D eigenvalue weighted by molar-refractivity contribution is -0.115. The molecule has 3 atom stereocenters. The van der Waals surface area contributed by atoms with E-state index < -0.39 is 0 Å². The van der Waals surface area contributed by atoms with Crippen molar-refractivity contribution in [1.82, 2.24) is 4.98 Å². The van der Waals surface area contributed by atoms with Crippen LogP contribution in [0, 0.1) is 0 Å². The Morgan fingerprint density at radius 2 is 1.83 bits per heavy atom. The number of benzene rings is 2. The number of amides is 3. The van der Waals surface area contributed by atoms with Gasteiger partial charge in [0.25, 0.3) is 0 Å². The summed E-state index contributed by atoms with van der Waals surface area (Å²) in [6.45, 7) is 1.85. The van der Waals surface area contributed by atoms with Crippen LogP contribution in [0.1, 0.15) is 6.92 Å². The summed E-state index contributed by atoms with van der Waals surface area (Å²) in [7, 11) is 0. The van der Waals surface area contributed by atoms with Crippen molar-refractivity contribution in [2.75, 3.05) is 15.5 Å². The molecule has 0 bridgehead atoms. The molecule has 2 heterocycles. The zero-order valence-corrected chi connectivity index (χ0v) is 20.6. The molecule has 0 spiro atoms. The molecular weight excluding hydrogens is 476 g/mol. The highest BCUT2D eigenvalue weighted by molar-refractivity contribution is 8.00. The van der Waals surface area contributed by atoms with Crippen LogP contribution in [-0.2, 0) is 4.79 Å². The Hall–Kier alpha value is -3.49. The van der Waals surface area contributed by atoms with E-state index in [2.05, 4.69) is 33.8 Å². The van der Waals surface area contributed by atoms with Crippen molar-refractivity contribution in [3.05, 3.63) is 97.2 Å². The molecule has 3 unspecified atom stereocenters. The second-order valence-electron chi connectivity index (χ2n) is 8.10. The molecule has 5 rings (SSSR count). The quantitative estimate of drug-likeness (QED) is 0.408. The fourth-order valence-electron chi connectivity index (χ4n) is 3.98. The van der Waals surface area contributed by atoms with E-state index in [1.54, 1.807) is 30.1 Å². The van der Waals surface area contributed by atoms with Crippen LogP contribution in [0.5, 0.6) is 0 Å². The maximum Gasteiger partial charge on any atom is 0.326 e. The molecule has 0 fully saturated rings. The molecule has 1 aliphatic carbocycles. The minimum Gasteiger partial charge on any atom is -0.310 e. The number of pyridine rings is 1. The van der Waals surface area contributed by atoms with Gasteiger partial charge in [0, 0.05) is 21.7 Å². The predicted octanol–water partition coefficient (Wildman–Crippen LogP) is 6.21. The average Bonchev–Trinajstić information content (AvgIpc) is 2.88. The molecule has 0 saturated carbocycles. The molecule has 0 radical (unpaired) electrons. The molecule has 2 aliphatic rings. The first-order chi connectivity index (χ1) is 17.1. The summed E-state index contributed by atoms with van der Waals surface area (Å²) < 4.78 is 0. The van der Waals surface area contributed by atoms with E-state index in [1.165, 1.54) is 11.8 Å². The Kier molecular flexibility index (Phi) is 6.92. The highest BCUT2D eigenvalue weighted by atomic mass is 32.2. The van der Waals surface area contributed by atoms with E-state index in [-0.39, 0.29) is 28.5 Å². The molecule has 8 heteroatoms. The maximum atomic E-state index is 13.5. The lowest BCUT2D eigenvalue weighted by Crippen LogP contribution is -2.49. The van der Waals surface area contributed by atoms with Gasteiger partial charge in [-0.15, -0.1) is 23.5 Å². The summed E-state index contributed by atoms with van der Waals surface area (Å²) in [6.07, 6.45) is 9.87. The number of carbonyl (C=O) groups is 2. The van der Waals surface area contributed by atoms with Crippen molar-refractivity contribution in [3.8, 4) is 0 Å². The molecule has 0 saturated heterocycles. The summed E-state index contributed by atoms with van der Waals surface area (Å²) in [5, 5.41) is 5.72. The molecular formula is C27H24N4O2S2. The van der Waals surface area contributed by atoms with Crippen LogP contribution in [0.3, 0.4) is 0 Å². The van der Waals surface area contributed by atoms with Gasteiger partial charge in [-0.2, -0.15) is 0 Å². The van der Waals surface area contributed by atoms with Crippen LogP contribution in [0.2, 0.25) is 0 Å². The Morgan fingerprint density at radius 3 is 2.69 bits per heavy atom. The summed E-state index contributed by atoms with van der Waals surface area (Å²) in [4.78, 5) is 34.0. The Bertz CT molecular complexity index is 1300. The summed E-state index contributed by atoms with van der Waals surface area (Å²) >= 11 is 3.20. The van der Waals surface area contributed by atoms with E-state index in [0.717, 1.165) is 15.5 Å². The standard InChI is InChI=1S/C27H24N4O2S2/c1-18(26(32)30-25-15-6-7-16-28-25)34-20-10-8-9-19(17-20)29-27(33)31-21-11-2-4-13-23(21)35-24-14-5-3-12-22(24)31/h2-18,21,23H,1H3,(H,29,33)(H,28,30,32). The van der Waals surface area contributed by atoms with Crippen LogP contribution < -0.4 is 15.5 Å². The number of fused-ring (bicyclic) bond motifs is 2. The fourth-order valence-corrected chi connectivity index (χ4v) is 6.16. The molecule has 3 aromatic rings. The maximum absolute atomic E-state index is 13.5. The zero-order valence-electron chi connectivity index (χ0n) is 19.0. The summed E-state index contributed by atoms with van der Waals surface area (Å²) in [6, 6.07) is 20.7. The third-order valence-electron chi connectivity index (χ3n) is 5.65. The van der Waals surface area contributed by atoms with Gasteiger partial charge in [-0.1, -0.05) is 48.6 Å². The van der Waals surface area contributed by atoms with Crippen molar-refractivity contribution in [2.24, 2.45) is 0 Å². The Labute approximate surface area is 212 Å². The lowest BCUT2D eigenvalue weighted by atomic mass is 10.1. The number of nitrogens with one attached hydrogen (secondary N) is 2. The van der Waals surface area contributed by atoms with E-state index in [0.29, 0.717) is 11.5 Å². The van der Waals surface area contributed by atoms with Crippen LogP contribution >= 0.6 is 23.5 Å². The summed E-state index contributed by atoms with van der Waals surface area (Å²) in [5.41, 5.74) is 1.58. The third kappa shape index (κ3) is 5.28. The van der Waals surface area contributed by atoms with Crippen molar-refractivity contribution in [1.29, 1.82) is 0 Å². The SMILES string of the molecule is CC(Sc1cccc(NC(=O)N2c3ccccc3SC3C=CC=CC32)c1)C(=O)Nc1ccccn1. The van der Waals surface area contributed by atoms with E-state index in [4.69, 9.17) is 0 Å². The normalized spacial score (nSPS) is 18.8. The minimum absolute atomic E-state index is 0.0622. The number of aromatic nitrogens is 1. The van der Waals surface area contributed by atoms with Crippen LogP contribution in [0.25, 0.3) is 0 Å². The number of allylic oxidation sites excluding steroid dienone is 2. The number of hydrogen-bond donors (Lipinski definition) is 2. The van der Waals surface area contributed by atoms with E-state index >= 15 is 0 Å². The van der Waals surface area contributed by atoms with Gasteiger partial charge < -0.3 is 10.6 Å². The first-order valence-corrected chi connectivity index (χ1v) is 13.0. The van der Waals surface area contributed by atoms with Crippen molar-refractivity contribution in [2.45, 2.75) is 33.3 Å². The van der Waals surface area contributed by atoms with Gasteiger partial charge >= 0.3 is 6.03 Å². The number of anilines is 3. The van der Waals surface area contributed by atoms with Gasteiger partial charge in [0.1, 0.15) is 5.82 Å². The van der Waals surface area contributed by atoms with Crippen molar-refractivity contribution in [3.63, 3.8) is 0 Å². The van der Waals surface area contributed by atoms with Gasteiger partial charge in [0.15, 0.2) is 0 Å². The first kappa shape index (κ1) is 23.3. The first-order valence-electron chi connectivity index (χ1n) is 11.3. The Balaban J connectivity index is 1.29. The second-order valence-corrected chi connectivity index (χ2v) is 10.7. The number of para-hydroxylation sites is 1. The zero-order chi connectivity index (χ0) is 24.2. The van der Waals surface area contributed by atoms with Crippen molar-refractivity contribution < 1.29 is 9.59 Å². The molecule has 6 nitrogen and oxygen atoms in total. The summed E-state index contributed by atoms with van der Waals surface area (Å²) in [5.74, 6) is 0.393. The fraction of sp³-hybridized carbons (Fsp3) is 0.148. The van der Waals surface area contributed by atoms with Crippen LogP contribution in [-0.4, -0.2) is 33.5 Å². The monoisotopic (exact) mass is 500 g/mol. The van der Waals surface area contributed by atoms with Gasteiger partial charge in [0.2, 0.25) is 5.91 Å². The highest BCUT2D eigenvalue weighted by Crippen LogP contribution is 2.43. The van der Waals surface area contributed by atoms with E-state index in [1.807, 2.05) is 72.5 Å². The number of urea groups is 1. The molecule has 1 aromatic heterocycles. The number of rotatable bonds is 5. The number of thioether (sulfide) groups is 2. The minimum atomic E-state index is -0.339. The van der Waals surface area contributed by atoms with Gasteiger partial charge in [-0.3, -0.25) is 9.69 Å². The Morgan fingerprint density at radius 1 is 1.00 bits per heavy atom. The second kappa shape index (κ2) is 10.4. The number of nitrogens with zero attached hydrogens (tertiary/aromatic N) is 2. The van der Waals surface area contributed by atoms with Crippen molar-refractivity contribution >= 4 is 52.7 Å². The molecule has 2 aromatic carbocycles. The largest absolute Gasteiger partial charge is 0.326 e. The number of carbonyl (C=O) groups excluding carboxylic acids is 2. The predicted molar refractivity (Wildman–Crippen MR) is 144 cm³/mol. The van der Waals surface area contributed by atoms with Crippen LogP contribution in [0.4, 0.5) is 22.0 Å². The molecule has 3 amide bonds. The molecule has 2 N–H and O–H groups in total. The molecule has 1 aliphatic heterocycles. The van der Waals surface area contributed by atoms with Crippen LogP contribution in [0.15, 0.2) is 107 Å². The third-order valence-corrected chi connectivity index (χ3v) is 8.05. The highest BCUT2D eigenvalue weighted by Gasteiger charge is 2.36. The lowest BCUT2D eigenvalue weighted by Gasteiger charge is -2.40. The van der Waals surface area contributed by atoms with Gasteiger partial charge in [0.05, 0.1) is 22.2 Å².